The van der Waals surface area contributed by atoms with Crippen molar-refractivity contribution in [3.05, 3.63) is 36.5 Å². The van der Waals surface area contributed by atoms with Gasteiger partial charge in [0.1, 0.15) is 0 Å². The van der Waals surface area contributed by atoms with Crippen molar-refractivity contribution in [3.63, 3.8) is 0 Å². The van der Waals surface area contributed by atoms with Crippen molar-refractivity contribution in [2.45, 2.75) is 17.7 Å². The van der Waals surface area contributed by atoms with E-state index >= 15 is 0 Å². The van der Waals surface area contributed by atoms with E-state index in [0.717, 1.165) is 10.6 Å². The van der Waals surface area contributed by atoms with E-state index in [1.165, 1.54) is 24.3 Å². The van der Waals surface area contributed by atoms with Crippen LogP contribution in [0.15, 0.2) is 41.4 Å². The normalized spacial score (nSPS) is 14.3. The number of nitrogens with zero attached hydrogens (tertiary/aromatic N) is 4. The molecule has 10 nitrogen and oxygen atoms in total. The maximum absolute atomic E-state index is 12.4. The van der Waals surface area contributed by atoms with Gasteiger partial charge in [0, 0.05) is 46.1 Å². The van der Waals surface area contributed by atoms with E-state index < -0.39 is 10.0 Å². The van der Waals surface area contributed by atoms with Crippen LogP contribution in [0.5, 0.6) is 0 Å². The lowest BCUT2D eigenvalue weighted by atomic mass is 10.3. The molecule has 1 aliphatic rings. The monoisotopic (exact) mass is 418 g/mol. The first-order valence-corrected chi connectivity index (χ1v) is 10.5. The topological polar surface area (TPSA) is 125 Å². The van der Waals surface area contributed by atoms with Crippen molar-refractivity contribution >= 4 is 39.0 Å². The lowest BCUT2D eigenvalue weighted by molar-refractivity contribution is -0.121. The zero-order valence-electron chi connectivity index (χ0n) is 16.1. The summed E-state index contributed by atoms with van der Waals surface area (Å²) < 4.78 is 27.3. The number of sulfonamides is 1. The maximum atomic E-state index is 12.4. The molecule has 0 saturated carbocycles. The predicted molar refractivity (Wildman–Crippen MR) is 108 cm³/mol. The van der Waals surface area contributed by atoms with Crippen LogP contribution in [0, 0.1) is 0 Å². The molecule has 1 aliphatic heterocycles. The number of nitrogens with one attached hydrogen (secondary N) is 2. The highest BCUT2D eigenvalue weighted by atomic mass is 32.2. The third kappa shape index (κ3) is 4.87. The summed E-state index contributed by atoms with van der Waals surface area (Å²) in [7, 11) is 0.0430. The summed E-state index contributed by atoms with van der Waals surface area (Å²) >= 11 is 0. The average Bonchev–Trinajstić information content (AvgIpc) is 3.04. The molecule has 1 saturated heterocycles. The lowest BCUT2D eigenvalue weighted by Crippen LogP contribution is -2.30. The van der Waals surface area contributed by atoms with E-state index in [2.05, 4.69) is 20.2 Å². The second-order valence-electron chi connectivity index (χ2n) is 6.63. The van der Waals surface area contributed by atoms with Gasteiger partial charge in [-0.05, 0) is 24.3 Å². The molecule has 11 heteroatoms. The Hall–Kier alpha value is -3.05. The quantitative estimate of drug-likeness (QED) is 0.471. The molecule has 154 valence electrons. The fourth-order valence-electron chi connectivity index (χ4n) is 2.79. The third-order valence-electron chi connectivity index (χ3n) is 4.34. The summed E-state index contributed by atoms with van der Waals surface area (Å²) in [6.45, 7) is 0.459. The van der Waals surface area contributed by atoms with Gasteiger partial charge >= 0.3 is 0 Å². The molecule has 0 bridgehead atoms. The van der Waals surface area contributed by atoms with E-state index in [4.69, 9.17) is 0 Å². The van der Waals surface area contributed by atoms with Gasteiger partial charge in [-0.2, -0.15) is 5.10 Å². The Bertz CT molecular complexity index is 991. The maximum Gasteiger partial charge on any atom is 0.240 e. The van der Waals surface area contributed by atoms with Gasteiger partial charge < -0.3 is 10.2 Å². The number of aromatic nitrogens is 2. The molecular formula is C18H22N6O4S. The molecule has 1 aromatic carbocycles. The van der Waals surface area contributed by atoms with Crippen LogP contribution in [0.3, 0.4) is 0 Å². The largest absolute Gasteiger partial charge is 0.376 e. The molecule has 1 aromatic heterocycles. The molecule has 0 unspecified atom stereocenters. The Balaban J connectivity index is 1.56. The van der Waals surface area contributed by atoms with Gasteiger partial charge in [-0.25, -0.2) is 13.1 Å². The van der Waals surface area contributed by atoms with E-state index in [9.17, 15) is 18.0 Å². The zero-order chi connectivity index (χ0) is 21.0. The van der Waals surface area contributed by atoms with Gasteiger partial charge in [-0.3, -0.25) is 14.5 Å². The highest BCUT2D eigenvalue weighted by molar-refractivity contribution is 7.89. The minimum absolute atomic E-state index is 0.0507. The first-order valence-electron chi connectivity index (χ1n) is 8.97. The highest BCUT2D eigenvalue weighted by Crippen LogP contribution is 2.23. The molecule has 0 aliphatic carbocycles. The molecule has 0 spiro atoms. The van der Waals surface area contributed by atoms with Gasteiger partial charge in [-0.1, -0.05) is 0 Å². The van der Waals surface area contributed by atoms with Crippen molar-refractivity contribution in [3.8, 4) is 0 Å². The van der Waals surface area contributed by atoms with Crippen molar-refractivity contribution in [1.29, 1.82) is 0 Å². The summed E-state index contributed by atoms with van der Waals surface area (Å²) in [5.41, 5.74) is 1.25. The lowest BCUT2D eigenvalue weighted by Gasteiger charge is -2.14. The second-order valence-corrected chi connectivity index (χ2v) is 8.40. The van der Waals surface area contributed by atoms with Crippen molar-refractivity contribution in [2.75, 3.05) is 42.3 Å². The van der Waals surface area contributed by atoms with Crippen LogP contribution < -0.4 is 19.8 Å². The average molecular weight is 418 g/mol. The molecule has 2 amide bonds. The molecule has 0 atom stereocenters. The first-order chi connectivity index (χ1) is 13.8. The van der Waals surface area contributed by atoms with Crippen LogP contribution in [-0.4, -0.2) is 57.6 Å². The Labute approximate surface area is 169 Å². The Morgan fingerprint density at radius 1 is 1.07 bits per heavy atom. The first kappa shape index (κ1) is 20.7. The number of carbonyl (C=O) groups is 2. The molecule has 2 aromatic rings. The van der Waals surface area contributed by atoms with Gasteiger partial charge in [0.05, 0.1) is 22.5 Å². The predicted octanol–water partition coefficient (Wildman–Crippen LogP) is 0.586. The standard InChI is InChI=1S/C18H22N6O4S/c1-23(2)14-11-16(22-20-12-14)19-9-10-21-29(27,28)15-5-3-13(4-6-15)24-17(25)7-8-18(24)26/h3-6,11-12,21H,7-10H2,1-2H3,(H,19,22). The van der Waals surface area contributed by atoms with Crippen LogP contribution >= 0.6 is 0 Å². The van der Waals surface area contributed by atoms with Gasteiger partial charge in [0.2, 0.25) is 21.8 Å². The summed E-state index contributed by atoms with van der Waals surface area (Å²) in [6, 6.07) is 7.46. The van der Waals surface area contributed by atoms with E-state index in [1.807, 2.05) is 19.0 Å². The fraction of sp³-hybridized carbons (Fsp3) is 0.333. The number of anilines is 3. The summed E-state index contributed by atoms with van der Waals surface area (Å²) in [4.78, 5) is 26.6. The SMILES string of the molecule is CN(C)c1cnnc(NCCNS(=O)(=O)c2ccc(N3C(=O)CCC3=O)cc2)c1. The van der Waals surface area contributed by atoms with E-state index in [0.29, 0.717) is 18.1 Å². The molecule has 3 rings (SSSR count). The molecule has 2 N–H and O–H groups in total. The van der Waals surface area contributed by atoms with Crippen molar-refractivity contribution in [2.24, 2.45) is 0 Å². The Kier molecular flexibility index (Phi) is 6.09. The number of hydrogen-bond acceptors (Lipinski definition) is 8. The number of carbonyl (C=O) groups excluding carboxylic acids is 2. The number of hydrogen-bond donors (Lipinski definition) is 2. The minimum atomic E-state index is -3.73. The molecule has 1 fully saturated rings. The van der Waals surface area contributed by atoms with Gasteiger partial charge in [0.15, 0.2) is 5.82 Å². The van der Waals surface area contributed by atoms with E-state index in [1.54, 1.807) is 12.3 Å². The van der Waals surface area contributed by atoms with Crippen LogP contribution in [0.1, 0.15) is 12.8 Å². The number of amides is 2. The van der Waals surface area contributed by atoms with E-state index in [-0.39, 0.29) is 36.1 Å². The zero-order valence-corrected chi connectivity index (χ0v) is 16.9. The van der Waals surface area contributed by atoms with Crippen LogP contribution in [0.4, 0.5) is 17.2 Å². The molecule has 0 radical (unpaired) electrons. The fourth-order valence-corrected chi connectivity index (χ4v) is 3.82. The summed E-state index contributed by atoms with van der Waals surface area (Å²) in [6.07, 6.45) is 1.98. The Morgan fingerprint density at radius 2 is 1.72 bits per heavy atom. The number of rotatable bonds is 8. The summed E-state index contributed by atoms with van der Waals surface area (Å²) in [5.74, 6) is -0.0211. The van der Waals surface area contributed by atoms with Crippen LogP contribution in [0.25, 0.3) is 0 Å². The minimum Gasteiger partial charge on any atom is -0.376 e. The second kappa shape index (κ2) is 8.53. The number of imide groups is 1. The third-order valence-corrected chi connectivity index (χ3v) is 5.81. The smallest absolute Gasteiger partial charge is 0.240 e. The van der Waals surface area contributed by atoms with Crippen molar-refractivity contribution < 1.29 is 18.0 Å². The van der Waals surface area contributed by atoms with Crippen LogP contribution in [-0.2, 0) is 19.6 Å². The Morgan fingerprint density at radius 3 is 2.34 bits per heavy atom. The van der Waals surface area contributed by atoms with Crippen molar-refractivity contribution in [1.82, 2.24) is 14.9 Å². The summed E-state index contributed by atoms with van der Waals surface area (Å²) in [5, 5.41) is 10.8. The van der Waals surface area contributed by atoms with Crippen LogP contribution in [0.2, 0.25) is 0 Å². The van der Waals surface area contributed by atoms with Gasteiger partial charge in [0.25, 0.3) is 0 Å². The van der Waals surface area contributed by atoms with Gasteiger partial charge in [-0.15, -0.1) is 5.10 Å². The molecule has 2 heterocycles. The molecule has 29 heavy (non-hydrogen) atoms. The molecular weight excluding hydrogens is 396 g/mol. The highest BCUT2D eigenvalue weighted by Gasteiger charge is 2.30. The number of benzene rings is 1.